The van der Waals surface area contributed by atoms with E-state index in [1.165, 1.54) is 11.5 Å². The van der Waals surface area contributed by atoms with Crippen LogP contribution in [-0.2, 0) is 12.7 Å². The van der Waals surface area contributed by atoms with Crippen molar-refractivity contribution in [1.29, 1.82) is 0 Å². The van der Waals surface area contributed by atoms with Crippen LogP contribution in [0.25, 0.3) is 11.0 Å². The first-order valence-corrected chi connectivity index (χ1v) is 6.08. The van der Waals surface area contributed by atoms with Gasteiger partial charge in [0.1, 0.15) is 16.4 Å². The molecule has 1 aromatic carbocycles. The number of rotatable bonds is 3. The molecule has 1 N–H and O–H groups in total. The number of halogens is 4. The summed E-state index contributed by atoms with van der Waals surface area (Å²) in [6, 6.07) is 0.672. The molecule has 0 amide bonds. The summed E-state index contributed by atoms with van der Waals surface area (Å²) < 4.78 is 39.9. The quantitative estimate of drug-likeness (QED) is 0.695. The number of benzene rings is 1. The number of hydrogen-bond donors (Lipinski definition) is 1. The van der Waals surface area contributed by atoms with Gasteiger partial charge in [0.25, 0.3) is 0 Å². The third-order valence-corrected chi connectivity index (χ3v) is 3.33. The van der Waals surface area contributed by atoms with Gasteiger partial charge in [0.2, 0.25) is 0 Å². The number of aliphatic hydroxyl groups excluding tert-OH is 1. The number of aryl methyl sites for hydroxylation is 1. The predicted molar refractivity (Wildman–Crippen MR) is 68.2 cm³/mol. The number of fused-ring (bicyclic) bond motifs is 1. The minimum Gasteiger partial charge on any atom is -0.395 e. The van der Waals surface area contributed by atoms with Crippen LogP contribution in [0.5, 0.6) is 0 Å². The predicted octanol–water partition coefficient (Wildman–Crippen LogP) is 2.92. The van der Waals surface area contributed by atoms with E-state index in [-0.39, 0.29) is 30.0 Å². The SMILES string of the molecule is Cc1nc2cc(C(F)(F)F)c(Cl)c([N+](=O)[O-])c2n1CCO. The molecule has 0 saturated heterocycles. The van der Waals surface area contributed by atoms with Crippen molar-refractivity contribution in [2.45, 2.75) is 19.6 Å². The van der Waals surface area contributed by atoms with Gasteiger partial charge in [0, 0.05) is 6.54 Å². The van der Waals surface area contributed by atoms with Crippen molar-refractivity contribution in [2.24, 2.45) is 0 Å². The summed E-state index contributed by atoms with van der Waals surface area (Å²) in [5.74, 6) is 0.248. The molecule has 0 aliphatic heterocycles. The van der Waals surface area contributed by atoms with Crippen molar-refractivity contribution >= 4 is 28.3 Å². The van der Waals surface area contributed by atoms with Crippen molar-refractivity contribution in [3.05, 3.63) is 32.6 Å². The molecule has 6 nitrogen and oxygen atoms in total. The van der Waals surface area contributed by atoms with Crippen molar-refractivity contribution in [2.75, 3.05) is 6.61 Å². The molecule has 0 unspecified atom stereocenters. The maximum absolute atomic E-state index is 12.9. The molecule has 0 atom stereocenters. The Hall–Kier alpha value is -1.87. The fourth-order valence-corrected chi connectivity index (χ4v) is 2.44. The zero-order chi connectivity index (χ0) is 15.9. The molecule has 2 aromatic rings. The molecular formula is C11H9ClF3N3O3. The van der Waals surface area contributed by atoms with Crippen LogP contribution in [0.2, 0.25) is 5.02 Å². The normalized spacial score (nSPS) is 12.1. The summed E-state index contributed by atoms with van der Waals surface area (Å²) in [4.78, 5) is 14.0. The molecule has 0 bridgehead atoms. The summed E-state index contributed by atoms with van der Waals surface area (Å²) in [6.07, 6.45) is -4.83. The van der Waals surface area contributed by atoms with E-state index in [0.29, 0.717) is 6.07 Å². The van der Waals surface area contributed by atoms with E-state index in [4.69, 9.17) is 16.7 Å². The van der Waals surface area contributed by atoms with E-state index in [9.17, 15) is 23.3 Å². The van der Waals surface area contributed by atoms with E-state index in [0.717, 1.165) is 0 Å². The Bertz CT molecular complexity index is 727. The molecule has 0 spiro atoms. The van der Waals surface area contributed by atoms with Crippen LogP contribution in [-0.4, -0.2) is 26.2 Å². The second kappa shape index (κ2) is 5.15. The molecule has 0 aliphatic rings. The molecule has 1 heterocycles. The topological polar surface area (TPSA) is 81.2 Å². The Labute approximate surface area is 120 Å². The summed E-state index contributed by atoms with van der Waals surface area (Å²) in [5.41, 5.74) is -2.50. The van der Waals surface area contributed by atoms with Gasteiger partial charge in [-0.2, -0.15) is 13.2 Å². The Morgan fingerprint density at radius 2 is 2.14 bits per heavy atom. The molecule has 10 heteroatoms. The van der Waals surface area contributed by atoms with Gasteiger partial charge < -0.3 is 9.67 Å². The zero-order valence-corrected chi connectivity index (χ0v) is 11.4. The van der Waals surface area contributed by atoms with Crippen molar-refractivity contribution in [3.8, 4) is 0 Å². The summed E-state index contributed by atoms with van der Waals surface area (Å²) in [7, 11) is 0. The third kappa shape index (κ3) is 2.54. The number of alkyl halides is 3. The average Bonchev–Trinajstić information content (AvgIpc) is 2.64. The number of nitro benzene ring substituents is 1. The van der Waals surface area contributed by atoms with E-state index < -0.39 is 27.4 Å². The van der Waals surface area contributed by atoms with Gasteiger partial charge in [0.05, 0.1) is 22.6 Å². The van der Waals surface area contributed by atoms with Crippen LogP contribution < -0.4 is 0 Å². The lowest BCUT2D eigenvalue weighted by Crippen LogP contribution is -2.09. The largest absolute Gasteiger partial charge is 0.418 e. The number of aliphatic hydroxyl groups is 1. The smallest absolute Gasteiger partial charge is 0.395 e. The second-order valence-corrected chi connectivity index (χ2v) is 4.62. The molecule has 114 valence electrons. The number of aromatic nitrogens is 2. The minimum atomic E-state index is -4.83. The Balaban J connectivity index is 2.94. The van der Waals surface area contributed by atoms with E-state index >= 15 is 0 Å². The lowest BCUT2D eigenvalue weighted by molar-refractivity contribution is -0.383. The van der Waals surface area contributed by atoms with Crippen LogP contribution in [0.15, 0.2) is 6.07 Å². The first-order chi connectivity index (χ1) is 9.68. The van der Waals surface area contributed by atoms with Gasteiger partial charge in [-0.3, -0.25) is 10.1 Å². The first kappa shape index (κ1) is 15.5. The summed E-state index contributed by atoms with van der Waals surface area (Å²) in [5, 5.41) is 19.1. The maximum atomic E-state index is 12.9. The van der Waals surface area contributed by atoms with Crippen LogP contribution >= 0.6 is 11.6 Å². The molecule has 0 aliphatic carbocycles. The van der Waals surface area contributed by atoms with Crippen LogP contribution in [0.3, 0.4) is 0 Å². The number of imidazole rings is 1. The maximum Gasteiger partial charge on any atom is 0.418 e. The van der Waals surface area contributed by atoms with Gasteiger partial charge in [-0.05, 0) is 13.0 Å². The highest BCUT2D eigenvalue weighted by molar-refractivity contribution is 6.34. The minimum absolute atomic E-state index is 0.0368. The Kier molecular flexibility index (Phi) is 3.81. The van der Waals surface area contributed by atoms with Gasteiger partial charge in [-0.15, -0.1) is 0 Å². The van der Waals surface area contributed by atoms with Crippen LogP contribution in [0, 0.1) is 17.0 Å². The monoisotopic (exact) mass is 323 g/mol. The van der Waals surface area contributed by atoms with Crippen molar-refractivity contribution in [1.82, 2.24) is 9.55 Å². The van der Waals surface area contributed by atoms with Gasteiger partial charge >= 0.3 is 11.9 Å². The number of nitro groups is 1. The zero-order valence-electron chi connectivity index (χ0n) is 10.6. The molecule has 0 radical (unpaired) electrons. The van der Waals surface area contributed by atoms with E-state index in [1.807, 2.05) is 0 Å². The standard InChI is InChI=1S/C11H9ClF3N3O3/c1-5-16-7-4-6(11(13,14)15)8(12)10(18(20)21)9(7)17(5)2-3-19/h4,19H,2-3H2,1H3. The first-order valence-electron chi connectivity index (χ1n) is 5.70. The molecule has 1 aromatic heterocycles. The average molecular weight is 324 g/mol. The van der Waals surface area contributed by atoms with Crippen molar-refractivity contribution in [3.63, 3.8) is 0 Å². The molecule has 0 saturated carbocycles. The second-order valence-electron chi connectivity index (χ2n) is 4.24. The Morgan fingerprint density at radius 1 is 1.52 bits per heavy atom. The summed E-state index contributed by atoms with van der Waals surface area (Å²) in [6.45, 7) is 1.09. The lowest BCUT2D eigenvalue weighted by Gasteiger charge is -2.10. The van der Waals surface area contributed by atoms with Gasteiger partial charge in [0.15, 0.2) is 0 Å². The van der Waals surface area contributed by atoms with Crippen molar-refractivity contribution < 1.29 is 23.2 Å². The fraction of sp³-hybridized carbons (Fsp3) is 0.364. The fourth-order valence-electron chi connectivity index (χ4n) is 2.12. The molecule has 0 fully saturated rings. The lowest BCUT2D eigenvalue weighted by atomic mass is 10.1. The van der Waals surface area contributed by atoms with E-state index in [2.05, 4.69) is 4.98 Å². The highest BCUT2D eigenvalue weighted by Gasteiger charge is 2.39. The number of nitrogens with zero attached hydrogens (tertiary/aromatic N) is 3. The molecule has 2 rings (SSSR count). The molecule has 21 heavy (non-hydrogen) atoms. The Morgan fingerprint density at radius 3 is 2.62 bits per heavy atom. The van der Waals surface area contributed by atoms with Gasteiger partial charge in [-0.25, -0.2) is 4.98 Å². The van der Waals surface area contributed by atoms with E-state index in [1.54, 1.807) is 0 Å². The van der Waals surface area contributed by atoms with Gasteiger partial charge in [-0.1, -0.05) is 11.6 Å². The number of hydrogen-bond acceptors (Lipinski definition) is 4. The highest BCUT2D eigenvalue weighted by atomic mass is 35.5. The third-order valence-electron chi connectivity index (χ3n) is 2.95. The van der Waals surface area contributed by atoms with Crippen LogP contribution in [0.4, 0.5) is 18.9 Å². The summed E-state index contributed by atoms with van der Waals surface area (Å²) >= 11 is 5.58. The molecular weight excluding hydrogens is 315 g/mol. The van der Waals surface area contributed by atoms with Crippen LogP contribution in [0.1, 0.15) is 11.4 Å². The highest BCUT2D eigenvalue weighted by Crippen LogP contribution is 2.43.